The Morgan fingerprint density at radius 3 is 2.67 bits per heavy atom. The zero-order valence-electron chi connectivity index (χ0n) is 9.34. The molecule has 1 aromatic carbocycles. The second kappa shape index (κ2) is 4.73. The Morgan fingerprint density at radius 1 is 1.28 bits per heavy atom. The van der Waals surface area contributed by atoms with E-state index in [1.54, 1.807) is 6.92 Å². The SMILES string of the molecule is Cc1nc(Cl)nc(Nc2ccc(F)cc2F)c1N. The van der Waals surface area contributed by atoms with Crippen molar-refractivity contribution < 1.29 is 8.78 Å². The Kier molecular flexibility index (Phi) is 3.29. The highest BCUT2D eigenvalue weighted by atomic mass is 35.5. The van der Waals surface area contributed by atoms with Gasteiger partial charge in [0.2, 0.25) is 5.28 Å². The fourth-order valence-electron chi connectivity index (χ4n) is 1.36. The summed E-state index contributed by atoms with van der Waals surface area (Å²) >= 11 is 5.68. The van der Waals surface area contributed by atoms with Gasteiger partial charge in [0.25, 0.3) is 0 Å². The van der Waals surface area contributed by atoms with Crippen molar-refractivity contribution in [2.24, 2.45) is 0 Å². The molecule has 3 N–H and O–H groups in total. The summed E-state index contributed by atoms with van der Waals surface area (Å²) in [7, 11) is 0. The number of nitrogens with zero attached hydrogens (tertiary/aromatic N) is 2. The summed E-state index contributed by atoms with van der Waals surface area (Å²) in [6.45, 7) is 1.65. The molecule has 0 bridgehead atoms. The van der Waals surface area contributed by atoms with E-state index in [1.165, 1.54) is 6.07 Å². The van der Waals surface area contributed by atoms with Crippen LogP contribution < -0.4 is 11.1 Å². The smallest absolute Gasteiger partial charge is 0.224 e. The first kappa shape index (κ1) is 12.5. The zero-order valence-corrected chi connectivity index (χ0v) is 10.1. The number of aromatic nitrogens is 2. The van der Waals surface area contributed by atoms with E-state index in [-0.39, 0.29) is 22.5 Å². The second-order valence-electron chi connectivity index (χ2n) is 3.59. The number of aryl methyl sites for hydroxylation is 1. The standard InChI is InChI=1S/C11H9ClF2N4/c1-5-9(15)10(18-11(12)16-5)17-8-3-2-6(13)4-7(8)14/h2-4H,15H2,1H3,(H,16,17,18). The van der Waals surface area contributed by atoms with Crippen molar-refractivity contribution in [1.29, 1.82) is 0 Å². The topological polar surface area (TPSA) is 63.8 Å². The molecule has 0 fully saturated rings. The van der Waals surface area contributed by atoms with Crippen LogP contribution in [0, 0.1) is 18.6 Å². The van der Waals surface area contributed by atoms with Gasteiger partial charge in [-0.1, -0.05) is 0 Å². The maximum atomic E-state index is 13.4. The maximum absolute atomic E-state index is 13.4. The molecule has 0 radical (unpaired) electrons. The van der Waals surface area contributed by atoms with Crippen molar-refractivity contribution in [3.63, 3.8) is 0 Å². The molecular weight excluding hydrogens is 262 g/mol. The molecule has 0 spiro atoms. The third-order valence-corrected chi connectivity index (χ3v) is 2.46. The number of nitrogen functional groups attached to an aromatic ring is 1. The molecule has 0 aliphatic rings. The highest BCUT2D eigenvalue weighted by Crippen LogP contribution is 2.26. The van der Waals surface area contributed by atoms with Crippen LogP contribution in [0.5, 0.6) is 0 Å². The van der Waals surface area contributed by atoms with Crippen molar-refractivity contribution in [2.45, 2.75) is 6.92 Å². The molecule has 94 valence electrons. The van der Waals surface area contributed by atoms with Gasteiger partial charge in [0.15, 0.2) is 5.82 Å². The number of nitrogens with one attached hydrogen (secondary N) is 1. The molecule has 0 aliphatic carbocycles. The summed E-state index contributed by atoms with van der Waals surface area (Å²) in [5.41, 5.74) is 6.51. The van der Waals surface area contributed by atoms with Crippen LogP contribution in [0.2, 0.25) is 5.28 Å². The number of hydrogen-bond donors (Lipinski definition) is 2. The first-order valence-electron chi connectivity index (χ1n) is 4.99. The third-order valence-electron chi connectivity index (χ3n) is 2.29. The Bertz CT molecular complexity index is 604. The van der Waals surface area contributed by atoms with E-state index in [0.29, 0.717) is 5.69 Å². The minimum absolute atomic E-state index is 0.00767. The van der Waals surface area contributed by atoms with Crippen LogP contribution in [0.1, 0.15) is 5.69 Å². The predicted molar refractivity (Wildman–Crippen MR) is 65.8 cm³/mol. The molecule has 0 saturated carbocycles. The van der Waals surface area contributed by atoms with Crippen molar-refractivity contribution in [3.05, 3.63) is 40.8 Å². The normalized spacial score (nSPS) is 10.4. The summed E-state index contributed by atoms with van der Waals surface area (Å²) in [6, 6.07) is 3.13. The van der Waals surface area contributed by atoms with Crippen LogP contribution in [-0.4, -0.2) is 9.97 Å². The first-order chi connectivity index (χ1) is 8.47. The Morgan fingerprint density at radius 2 is 2.00 bits per heavy atom. The minimum Gasteiger partial charge on any atom is -0.394 e. The molecule has 0 saturated heterocycles. The van der Waals surface area contributed by atoms with Gasteiger partial charge in [-0.15, -0.1) is 0 Å². The molecular formula is C11H9ClF2N4. The summed E-state index contributed by atoms with van der Waals surface area (Å²) in [5, 5.41) is 2.64. The lowest BCUT2D eigenvalue weighted by Crippen LogP contribution is -2.05. The molecule has 0 unspecified atom stereocenters. The van der Waals surface area contributed by atoms with Crippen molar-refractivity contribution in [1.82, 2.24) is 9.97 Å². The van der Waals surface area contributed by atoms with Crippen molar-refractivity contribution >= 4 is 28.8 Å². The number of benzene rings is 1. The molecule has 0 atom stereocenters. The van der Waals surface area contributed by atoms with Crippen LogP contribution in [0.3, 0.4) is 0 Å². The fourth-order valence-corrected chi connectivity index (χ4v) is 1.57. The molecule has 4 nitrogen and oxygen atoms in total. The molecule has 1 aromatic heterocycles. The quantitative estimate of drug-likeness (QED) is 0.823. The zero-order chi connectivity index (χ0) is 13.3. The van der Waals surface area contributed by atoms with Gasteiger partial charge in [-0.05, 0) is 30.7 Å². The largest absolute Gasteiger partial charge is 0.394 e. The molecule has 2 rings (SSSR count). The highest BCUT2D eigenvalue weighted by molar-refractivity contribution is 6.28. The van der Waals surface area contributed by atoms with Crippen LogP contribution in [-0.2, 0) is 0 Å². The van der Waals surface area contributed by atoms with E-state index in [1.807, 2.05) is 0 Å². The summed E-state index contributed by atoms with van der Waals surface area (Å²) in [5.74, 6) is -1.23. The monoisotopic (exact) mass is 270 g/mol. The fraction of sp³-hybridized carbons (Fsp3) is 0.0909. The van der Waals surface area contributed by atoms with E-state index < -0.39 is 11.6 Å². The Balaban J connectivity index is 2.40. The number of halogens is 3. The number of nitrogens with two attached hydrogens (primary N) is 1. The lowest BCUT2D eigenvalue weighted by Gasteiger charge is -2.10. The van der Waals surface area contributed by atoms with Gasteiger partial charge in [-0.3, -0.25) is 0 Å². The van der Waals surface area contributed by atoms with Crippen LogP contribution in [0.25, 0.3) is 0 Å². The molecule has 18 heavy (non-hydrogen) atoms. The third kappa shape index (κ3) is 2.48. The van der Waals surface area contributed by atoms with Gasteiger partial charge in [0.05, 0.1) is 17.1 Å². The summed E-state index contributed by atoms with van der Waals surface area (Å²) < 4.78 is 26.2. The molecule has 0 amide bonds. The number of anilines is 3. The second-order valence-corrected chi connectivity index (χ2v) is 3.93. The van der Waals surface area contributed by atoms with Gasteiger partial charge in [-0.2, -0.15) is 4.98 Å². The van der Waals surface area contributed by atoms with Crippen LogP contribution in [0.15, 0.2) is 18.2 Å². The minimum atomic E-state index is -0.748. The van der Waals surface area contributed by atoms with Crippen LogP contribution >= 0.6 is 11.6 Å². The van der Waals surface area contributed by atoms with Crippen LogP contribution in [0.4, 0.5) is 26.0 Å². The Labute approximate surface area is 107 Å². The van der Waals surface area contributed by atoms with Crippen molar-refractivity contribution in [3.8, 4) is 0 Å². The molecule has 1 heterocycles. The van der Waals surface area contributed by atoms with Gasteiger partial charge in [-0.25, -0.2) is 13.8 Å². The van der Waals surface area contributed by atoms with E-state index in [9.17, 15) is 8.78 Å². The van der Waals surface area contributed by atoms with Gasteiger partial charge >= 0.3 is 0 Å². The summed E-state index contributed by atoms with van der Waals surface area (Å²) in [6.07, 6.45) is 0. The molecule has 2 aromatic rings. The number of hydrogen-bond acceptors (Lipinski definition) is 4. The number of rotatable bonds is 2. The highest BCUT2D eigenvalue weighted by Gasteiger charge is 2.10. The summed E-state index contributed by atoms with van der Waals surface area (Å²) in [4.78, 5) is 7.70. The van der Waals surface area contributed by atoms with Gasteiger partial charge in [0, 0.05) is 6.07 Å². The van der Waals surface area contributed by atoms with Crippen molar-refractivity contribution in [2.75, 3.05) is 11.1 Å². The van der Waals surface area contributed by atoms with Gasteiger partial charge in [0.1, 0.15) is 11.6 Å². The van der Waals surface area contributed by atoms with Gasteiger partial charge < -0.3 is 11.1 Å². The lowest BCUT2D eigenvalue weighted by atomic mass is 10.3. The van der Waals surface area contributed by atoms with E-state index in [4.69, 9.17) is 17.3 Å². The average molecular weight is 271 g/mol. The van der Waals surface area contributed by atoms with E-state index >= 15 is 0 Å². The average Bonchev–Trinajstić information content (AvgIpc) is 2.29. The van der Waals surface area contributed by atoms with E-state index in [0.717, 1.165) is 12.1 Å². The molecule has 0 aliphatic heterocycles. The maximum Gasteiger partial charge on any atom is 0.224 e. The Hall–Kier alpha value is -1.95. The predicted octanol–water partition coefficient (Wildman–Crippen LogP) is 3.04. The first-order valence-corrected chi connectivity index (χ1v) is 5.37. The molecule has 7 heteroatoms. The lowest BCUT2D eigenvalue weighted by molar-refractivity contribution is 0.586. The van der Waals surface area contributed by atoms with E-state index in [2.05, 4.69) is 15.3 Å².